The molecule has 5 N–H and O–H groups in total. The number of carbonyl (C=O) groups excluding carboxylic acids is 1. The van der Waals surface area contributed by atoms with Gasteiger partial charge >= 0.3 is 0 Å². The minimum Gasteiger partial charge on any atom is -0.493 e. The monoisotopic (exact) mass is 453 g/mol. The summed E-state index contributed by atoms with van der Waals surface area (Å²) in [7, 11) is 1.50. The summed E-state index contributed by atoms with van der Waals surface area (Å²) in [6, 6.07) is 5.24. The molecule has 182 valence electrons. The number of unbranched alkanes of at least 4 members (excludes halogenated alkanes) is 5. The lowest BCUT2D eigenvalue weighted by Gasteiger charge is -2.39. The quantitative estimate of drug-likeness (QED) is 0.289. The SMILES string of the molecule is CCCCCCCCC(=O)NCc1ccc(OC2C[C@H](CO)[C@@H](O)[C@H](O)[C@H]2O)c(OC)c1. The molecule has 1 unspecified atom stereocenters. The summed E-state index contributed by atoms with van der Waals surface area (Å²) in [6.07, 6.45) is 2.82. The van der Waals surface area contributed by atoms with Crippen molar-refractivity contribution in [2.24, 2.45) is 5.92 Å². The average molecular weight is 454 g/mol. The highest BCUT2D eigenvalue weighted by Crippen LogP contribution is 2.34. The summed E-state index contributed by atoms with van der Waals surface area (Å²) >= 11 is 0. The molecule has 1 aromatic carbocycles. The maximum Gasteiger partial charge on any atom is 0.220 e. The lowest BCUT2D eigenvalue weighted by atomic mass is 9.81. The van der Waals surface area contributed by atoms with E-state index in [0.29, 0.717) is 24.5 Å². The molecular weight excluding hydrogens is 414 g/mol. The van der Waals surface area contributed by atoms with Crippen molar-refractivity contribution < 1.29 is 34.7 Å². The molecule has 0 heterocycles. The van der Waals surface area contributed by atoms with Crippen molar-refractivity contribution in [2.75, 3.05) is 13.7 Å². The van der Waals surface area contributed by atoms with Crippen LogP contribution in [0, 0.1) is 5.92 Å². The van der Waals surface area contributed by atoms with Crippen LogP contribution < -0.4 is 14.8 Å². The molecule has 8 heteroatoms. The molecule has 1 aliphatic carbocycles. The normalized spacial score (nSPS) is 25.4. The molecular formula is C24H39NO7. The van der Waals surface area contributed by atoms with Gasteiger partial charge in [0.05, 0.1) is 13.2 Å². The number of aliphatic hydroxyl groups excluding tert-OH is 4. The van der Waals surface area contributed by atoms with Gasteiger partial charge < -0.3 is 35.2 Å². The van der Waals surface area contributed by atoms with Crippen LogP contribution in [-0.2, 0) is 11.3 Å². The van der Waals surface area contributed by atoms with Gasteiger partial charge in [-0.3, -0.25) is 4.79 Å². The summed E-state index contributed by atoms with van der Waals surface area (Å²) in [5, 5.41) is 42.6. The second-order valence-electron chi connectivity index (χ2n) is 8.59. The maximum absolute atomic E-state index is 12.1. The molecule has 1 fully saturated rings. The molecule has 0 radical (unpaired) electrons. The van der Waals surface area contributed by atoms with Gasteiger partial charge in [0.25, 0.3) is 0 Å². The Labute approximate surface area is 190 Å². The zero-order valence-electron chi connectivity index (χ0n) is 19.2. The standard InChI is InChI=1S/C24H39NO7/c1-3-4-5-6-7-8-9-21(27)25-14-16-10-11-18(19(12-16)31-2)32-20-13-17(15-26)22(28)24(30)23(20)29/h10-12,17,20,22-24,26,28-30H,3-9,13-15H2,1-2H3,(H,25,27)/t17-,20?,22-,23+,24+/m1/s1. The minimum absolute atomic E-state index is 0.0210. The van der Waals surface area contributed by atoms with Crippen LogP contribution in [-0.4, -0.2) is 64.5 Å². The largest absolute Gasteiger partial charge is 0.493 e. The first-order valence-electron chi connectivity index (χ1n) is 11.7. The number of ether oxygens (including phenoxy) is 2. The molecule has 32 heavy (non-hydrogen) atoms. The number of carbonyl (C=O) groups is 1. The van der Waals surface area contributed by atoms with Crippen molar-refractivity contribution in [3.8, 4) is 11.5 Å². The third kappa shape index (κ3) is 7.62. The third-order valence-electron chi connectivity index (χ3n) is 6.09. The molecule has 2 rings (SSSR count). The topological polar surface area (TPSA) is 128 Å². The van der Waals surface area contributed by atoms with E-state index in [1.807, 2.05) is 0 Å². The Kier molecular flexibility index (Phi) is 11.2. The molecule has 0 aromatic heterocycles. The van der Waals surface area contributed by atoms with Crippen molar-refractivity contribution in [1.29, 1.82) is 0 Å². The van der Waals surface area contributed by atoms with Crippen LogP contribution in [0.3, 0.4) is 0 Å². The second kappa shape index (κ2) is 13.6. The van der Waals surface area contributed by atoms with E-state index in [-0.39, 0.29) is 18.9 Å². The fourth-order valence-corrected chi connectivity index (χ4v) is 4.02. The van der Waals surface area contributed by atoms with Gasteiger partial charge in [0, 0.05) is 25.5 Å². The lowest BCUT2D eigenvalue weighted by molar-refractivity contribution is -0.157. The molecule has 0 saturated heterocycles. The number of hydrogen-bond acceptors (Lipinski definition) is 7. The Hall–Kier alpha value is -1.87. The molecule has 0 spiro atoms. The van der Waals surface area contributed by atoms with Crippen LogP contribution in [0.4, 0.5) is 0 Å². The molecule has 1 aliphatic rings. The van der Waals surface area contributed by atoms with Gasteiger partial charge in [0.1, 0.15) is 18.3 Å². The third-order valence-corrected chi connectivity index (χ3v) is 6.09. The molecule has 5 atom stereocenters. The average Bonchev–Trinajstić information content (AvgIpc) is 2.80. The van der Waals surface area contributed by atoms with Gasteiger partial charge in [-0.05, 0) is 30.5 Å². The van der Waals surface area contributed by atoms with Gasteiger partial charge in [-0.1, -0.05) is 45.1 Å². The van der Waals surface area contributed by atoms with Crippen LogP contribution in [0.2, 0.25) is 0 Å². The molecule has 1 aromatic rings. The van der Waals surface area contributed by atoms with Gasteiger partial charge in [0.2, 0.25) is 5.91 Å². The fraction of sp³-hybridized carbons (Fsp3) is 0.708. The molecule has 8 nitrogen and oxygen atoms in total. The van der Waals surface area contributed by atoms with Crippen molar-refractivity contribution in [2.45, 2.75) is 89.3 Å². The van der Waals surface area contributed by atoms with Crippen molar-refractivity contribution >= 4 is 5.91 Å². The van der Waals surface area contributed by atoms with E-state index in [0.717, 1.165) is 18.4 Å². The number of methoxy groups -OCH3 is 1. The summed E-state index contributed by atoms with van der Waals surface area (Å²) in [5.41, 5.74) is 0.846. The van der Waals surface area contributed by atoms with Gasteiger partial charge in [-0.2, -0.15) is 0 Å². The Morgan fingerprint density at radius 3 is 2.44 bits per heavy atom. The van der Waals surface area contributed by atoms with E-state index >= 15 is 0 Å². The zero-order valence-corrected chi connectivity index (χ0v) is 19.2. The van der Waals surface area contributed by atoms with Crippen LogP contribution in [0.15, 0.2) is 18.2 Å². The molecule has 1 amide bonds. The molecule has 0 aliphatic heterocycles. The number of nitrogens with one attached hydrogen (secondary N) is 1. The minimum atomic E-state index is -1.40. The molecule has 1 saturated carbocycles. The van der Waals surface area contributed by atoms with Crippen molar-refractivity contribution in [3.63, 3.8) is 0 Å². The van der Waals surface area contributed by atoms with Crippen LogP contribution in [0.5, 0.6) is 11.5 Å². The van der Waals surface area contributed by atoms with Gasteiger partial charge in [0.15, 0.2) is 11.5 Å². The van der Waals surface area contributed by atoms with Crippen LogP contribution in [0.25, 0.3) is 0 Å². The summed E-state index contributed by atoms with van der Waals surface area (Å²) in [5.74, 6) is 0.234. The zero-order chi connectivity index (χ0) is 23.5. The highest BCUT2D eigenvalue weighted by Gasteiger charge is 2.43. The first-order valence-corrected chi connectivity index (χ1v) is 11.7. The van der Waals surface area contributed by atoms with Crippen LogP contribution >= 0.6 is 0 Å². The van der Waals surface area contributed by atoms with Gasteiger partial charge in [-0.25, -0.2) is 0 Å². The lowest BCUT2D eigenvalue weighted by Crippen LogP contribution is -2.56. The highest BCUT2D eigenvalue weighted by atomic mass is 16.5. The number of benzene rings is 1. The summed E-state index contributed by atoms with van der Waals surface area (Å²) in [6.45, 7) is 2.23. The Morgan fingerprint density at radius 1 is 1.03 bits per heavy atom. The van der Waals surface area contributed by atoms with E-state index in [4.69, 9.17) is 9.47 Å². The van der Waals surface area contributed by atoms with E-state index in [1.165, 1.54) is 32.8 Å². The van der Waals surface area contributed by atoms with E-state index in [9.17, 15) is 25.2 Å². The van der Waals surface area contributed by atoms with E-state index < -0.39 is 30.3 Å². The van der Waals surface area contributed by atoms with Crippen LogP contribution in [0.1, 0.15) is 63.9 Å². The first kappa shape index (κ1) is 26.4. The molecule has 0 bridgehead atoms. The maximum atomic E-state index is 12.1. The van der Waals surface area contributed by atoms with Gasteiger partial charge in [-0.15, -0.1) is 0 Å². The fourth-order valence-electron chi connectivity index (χ4n) is 4.02. The van der Waals surface area contributed by atoms with E-state index in [2.05, 4.69) is 12.2 Å². The summed E-state index contributed by atoms with van der Waals surface area (Å²) in [4.78, 5) is 12.1. The Morgan fingerprint density at radius 2 is 1.75 bits per heavy atom. The number of hydrogen-bond donors (Lipinski definition) is 5. The smallest absolute Gasteiger partial charge is 0.220 e. The van der Waals surface area contributed by atoms with Crippen molar-refractivity contribution in [1.82, 2.24) is 5.32 Å². The number of rotatable bonds is 13. The van der Waals surface area contributed by atoms with Crippen molar-refractivity contribution in [3.05, 3.63) is 23.8 Å². The second-order valence-corrected chi connectivity index (χ2v) is 8.59. The Bertz CT molecular complexity index is 697. The van der Waals surface area contributed by atoms with E-state index in [1.54, 1.807) is 18.2 Å². The number of amides is 1. The Balaban J connectivity index is 1.87. The highest BCUT2D eigenvalue weighted by molar-refractivity contribution is 5.75. The summed E-state index contributed by atoms with van der Waals surface area (Å²) < 4.78 is 11.3. The predicted molar refractivity (Wildman–Crippen MR) is 120 cm³/mol. The predicted octanol–water partition coefficient (Wildman–Crippen LogP) is 1.90. The number of aliphatic hydroxyl groups is 4. The first-order chi connectivity index (χ1) is 15.4.